The summed E-state index contributed by atoms with van der Waals surface area (Å²) >= 11 is 0. The van der Waals surface area contributed by atoms with Gasteiger partial charge in [-0.3, -0.25) is 4.98 Å². The van der Waals surface area contributed by atoms with E-state index in [0.29, 0.717) is 12.1 Å². The second kappa shape index (κ2) is 5.67. The van der Waals surface area contributed by atoms with Gasteiger partial charge in [0, 0.05) is 29.4 Å². The predicted octanol–water partition coefficient (Wildman–Crippen LogP) is 2.93. The van der Waals surface area contributed by atoms with Gasteiger partial charge < -0.3 is 15.8 Å². The first-order valence-corrected chi connectivity index (χ1v) is 7.21. The number of fused-ring (bicyclic) bond motifs is 1. The zero-order valence-electron chi connectivity index (χ0n) is 11.8. The van der Waals surface area contributed by atoms with Crippen LogP contribution in [-0.2, 0) is 0 Å². The molecule has 1 aliphatic carbocycles. The van der Waals surface area contributed by atoms with Crippen LogP contribution in [0.15, 0.2) is 30.5 Å². The van der Waals surface area contributed by atoms with Gasteiger partial charge in [0.15, 0.2) is 0 Å². The minimum atomic E-state index is 0.377. The Morgan fingerprint density at radius 1 is 1.20 bits per heavy atom. The first-order chi connectivity index (χ1) is 9.76. The van der Waals surface area contributed by atoms with E-state index in [0.717, 1.165) is 48.0 Å². The monoisotopic (exact) mass is 271 g/mol. The lowest BCUT2D eigenvalue weighted by atomic mass is 9.91. The smallest absolute Gasteiger partial charge is 0.119 e. The number of methoxy groups -OCH3 is 1. The van der Waals surface area contributed by atoms with Crippen molar-refractivity contribution in [3.8, 4) is 5.75 Å². The first kappa shape index (κ1) is 13.2. The van der Waals surface area contributed by atoms with E-state index in [2.05, 4.69) is 10.3 Å². The maximum absolute atomic E-state index is 5.96. The highest BCUT2D eigenvalue weighted by molar-refractivity contribution is 5.92. The van der Waals surface area contributed by atoms with Crippen molar-refractivity contribution >= 4 is 16.6 Å². The molecule has 1 aromatic carbocycles. The second-order valence-electron chi connectivity index (χ2n) is 5.50. The molecule has 3 N–H and O–H groups in total. The van der Waals surface area contributed by atoms with Crippen LogP contribution in [0.3, 0.4) is 0 Å². The van der Waals surface area contributed by atoms with Gasteiger partial charge in [-0.2, -0.15) is 0 Å². The van der Waals surface area contributed by atoms with E-state index >= 15 is 0 Å². The number of nitrogens with one attached hydrogen (secondary N) is 1. The van der Waals surface area contributed by atoms with Crippen molar-refractivity contribution in [3.05, 3.63) is 30.5 Å². The summed E-state index contributed by atoms with van der Waals surface area (Å²) in [5.41, 5.74) is 8.09. The number of pyridine rings is 1. The Morgan fingerprint density at radius 2 is 2.00 bits per heavy atom. The average molecular weight is 271 g/mol. The van der Waals surface area contributed by atoms with Gasteiger partial charge in [0.05, 0.1) is 12.6 Å². The third-order valence-electron chi connectivity index (χ3n) is 4.08. The minimum Gasteiger partial charge on any atom is -0.497 e. The highest BCUT2D eigenvalue weighted by atomic mass is 16.5. The van der Waals surface area contributed by atoms with Crippen molar-refractivity contribution < 1.29 is 4.74 Å². The summed E-state index contributed by atoms with van der Waals surface area (Å²) in [6, 6.07) is 8.90. The van der Waals surface area contributed by atoms with Crippen molar-refractivity contribution in [2.24, 2.45) is 5.73 Å². The van der Waals surface area contributed by atoms with Crippen molar-refractivity contribution in [3.63, 3.8) is 0 Å². The molecule has 4 nitrogen and oxygen atoms in total. The van der Waals surface area contributed by atoms with Crippen LogP contribution in [0.25, 0.3) is 10.9 Å². The summed E-state index contributed by atoms with van der Waals surface area (Å²) in [6.07, 6.45) is 6.32. The summed E-state index contributed by atoms with van der Waals surface area (Å²) in [5.74, 6) is 0.860. The van der Waals surface area contributed by atoms with E-state index in [1.165, 1.54) is 0 Å². The molecule has 1 fully saturated rings. The molecule has 106 valence electrons. The van der Waals surface area contributed by atoms with Crippen LogP contribution < -0.4 is 15.8 Å². The lowest BCUT2D eigenvalue weighted by Gasteiger charge is -2.28. The topological polar surface area (TPSA) is 60.2 Å². The molecular formula is C16H21N3O. The Balaban J connectivity index is 1.86. The molecule has 1 saturated carbocycles. The van der Waals surface area contributed by atoms with Crippen LogP contribution in [0.2, 0.25) is 0 Å². The highest BCUT2D eigenvalue weighted by Crippen LogP contribution is 2.28. The van der Waals surface area contributed by atoms with Crippen molar-refractivity contribution in [2.75, 3.05) is 12.4 Å². The molecule has 0 bridgehead atoms. The van der Waals surface area contributed by atoms with Crippen molar-refractivity contribution in [1.29, 1.82) is 0 Å². The summed E-state index contributed by atoms with van der Waals surface area (Å²) < 4.78 is 5.31. The molecule has 4 heteroatoms. The Kier molecular flexibility index (Phi) is 3.74. The number of ether oxygens (including phenoxy) is 1. The average Bonchev–Trinajstić information content (AvgIpc) is 2.49. The van der Waals surface area contributed by atoms with Crippen LogP contribution in [0.1, 0.15) is 25.7 Å². The van der Waals surface area contributed by atoms with Gasteiger partial charge >= 0.3 is 0 Å². The molecule has 0 atom stereocenters. The number of nitrogens with zero attached hydrogens (tertiary/aromatic N) is 1. The van der Waals surface area contributed by atoms with Gasteiger partial charge in [-0.25, -0.2) is 0 Å². The van der Waals surface area contributed by atoms with Crippen LogP contribution in [0.5, 0.6) is 5.75 Å². The molecule has 0 spiro atoms. The fourth-order valence-corrected chi connectivity index (χ4v) is 2.86. The van der Waals surface area contributed by atoms with Crippen molar-refractivity contribution in [1.82, 2.24) is 4.98 Å². The standard InChI is InChI=1S/C16H21N3O/c1-20-13-6-7-15-14(10-13)16(8-9-18-15)19-12-4-2-11(17)3-5-12/h6-12H,2-5,17H2,1H3,(H,18,19). The lowest BCUT2D eigenvalue weighted by Crippen LogP contribution is -2.32. The van der Waals surface area contributed by atoms with E-state index in [-0.39, 0.29) is 0 Å². The van der Waals surface area contributed by atoms with Gasteiger partial charge in [-0.1, -0.05) is 0 Å². The van der Waals surface area contributed by atoms with E-state index < -0.39 is 0 Å². The molecule has 20 heavy (non-hydrogen) atoms. The largest absolute Gasteiger partial charge is 0.497 e. The first-order valence-electron chi connectivity index (χ1n) is 7.21. The van der Waals surface area contributed by atoms with Crippen LogP contribution in [0.4, 0.5) is 5.69 Å². The Hall–Kier alpha value is -1.81. The number of aromatic nitrogens is 1. The molecule has 0 radical (unpaired) electrons. The predicted molar refractivity (Wildman–Crippen MR) is 82.1 cm³/mol. The molecule has 1 aromatic heterocycles. The van der Waals surface area contributed by atoms with Gasteiger partial charge in [0.2, 0.25) is 0 Å². The Labute approximate surface area is 119 Å². The molecule has 0 amide bonds. The second-order valence-corrected chi connectivity index (χ2v) is 5.50. The molecule has 0 saturated heterocycles. The lowest BCUT2D eigenvalue weighted by molar-refractivity contribution is 0.411. The SMILES string of the molecule is COc1ccc2nccc(NC3CCC(N)CC3)c2c1. The molecule has 0 aliphatic heterocycles. The fraction of sp³-hybridized carbons (Fsp3) is 0.438. The maximum atomic E-state index is 5.96. The molecule has 1 heterocycles. The van der Waals surface area contributed by atoms with E-state index in [1.807, 2.05) is 30.5 Å². The van der Waals surface area contributed by atoms with E-state index in [4.69, 9.17) is 10.5 Å². The Morgan fingerprint density at radius 3 is 2.75 bits per heavy atom. The molecular weight excluding hydrogens is 250 g/mol. The van der Waals surface area contributed by atoms with Gasteiger partial charge in [-0.05, 0) is 49.9 Å². The third kappa shape index (κ3) is 2.70. The fourth-order valence-electron chi connectivity index (χ4n) is 2.86. The minimum absolute atomic E-state index is 0.377. The van der Waals surface area contributed by atoms with Crippen molar-refractivity contribution in [2.45, 2.75) is 37.8 Å². The van der Waals surface area contributed by atoms with Gasteiger partial charge in [0.25, 0.3) is 0 Å². The number of rotatable bonds is 3. The normalized spacial score (nSPS) is 22.7. The molecule has 1 aliphatic rings. The summed E-state index contributed by atoms with van der Waals surface area (Å²) in [4.78, 5) is 4.41. The van der Waals surface area contributed by atoms with E-state index in [1.54, 1.807) is 7.11 Å². The summed E-state index contributed by atoms with van der Waals surface area (Å²) in [6.45, 7) is 0. The number of hydrogen-bond donors (Lipinski definition) is 2. The quantitative estimate of drug-likeness (QED) is 0.901. The Bertz CT molecular complexity index is 591. The van der Waals surface area contributed by atoms with E-state index in [9.17, 15) is 0 Å². The number of anilines is 1. The number of nitrogens with two attached hydrogens (primary N) is 1. The van der Waals surface area contributed by atoms with Crippen LogP contribution >= 0.6 is 0 Å². The number of benzene rings is 1. The summed E-state index contributed by atoms with van der Waals surface area (Å²) in [5, 5.41) is 4.76. The molecule has 0 unspecified atom stereocenters. The number of hydrogen-bond acceptors (Lipinski definition) is 4. The zero-order valence-corrected chi connectivity index (χ0v) is 11.8. The molecule has 2 aromatic rings. The van der Waals surface area contributed by atoms with Gasteiger partial charge in [0.1, 0.15) is 5.75 Å². The van der Waals surface area contributed by atoms with Crippen LogP contribution in [0, 0.1) is 0 Å². The maximum Gasteiger partial charge on any atom is 0.119 e. The third-order valence-corrected chi connectivity index (χ3v) is 4.08. The zero-order chi connectivity index (χ0) is 13.9. The highest BCUT2D eigenvalue weighted by Gasteiger charge is 2.18. The molecule has 3 rings (SSSR count). The van der Waals surface area contributed by atoms with Crippen LogP contribution in [-0.4, -0.2) is 24.2 Å². The van der Waals surface area contributed by atoms with Gasteiger partial charge in [-0.15, -0.1) is 0 Å². The summed E-state index contributed by atoms with van der Waals surface area (Å²) in [7, 11) is 1.69.